The second-order valence-electron chi connectivity index (χ2n) is 4.36. The minimum absolute atomic E-state index is 0.237. The van der Waals surface area contributed by atoms with Crippen molar-refractivity contribution in [2.24, 2.45) is 0 Å². The minimum atomic E-state index is -0.688. The molecule has 1 N–H and O–H groups in total. The minimum Gasteiger partial charge on any atom is -0.486 e. The first kappa shape index (κ1) is 10.8. The van der Waals surface area contributed by atoms with E-state index in [0.29, 0.717) is 37.6 Å². The van der Waals surface area contributed by atoms with Crippen molar-refractivity contribution < 1.29 is 14.3 Å². The molecule has 6 nitrogen and oxygen atoms in total. The van der Waals surface area contributed by atoms with Crippen LogP contribution >= 0.6 is 0 Å². The van der Waals surface area contributed by atoms with E-state index in [-0.39, 0.29) is 11.6 Å². The predicted molar refractivity (Wildman–Crippen MR) is 60.3 cm³/mol. The largest absolute Gasteiger partial charge is 0.486 e. The summed E-state index contributed by atoms with van der Waals surface area (Å²) in [6.45, 7) is 0.942. The summed E-state index contributed by atoms with van der Waals surface area (Å²) in [7, 11) is 0. The lowest BCUT2D eigenvalue weighted by Crippen LogP contribution is -2.36. The lowest BCUT2D eigenvalue weighted by molar-refractivity contribution is 0.0935. The highest BCUT2D eigenvalue weighted by molar-refractivity contribution is 5.94. The molecule has 0 atom stereocenters. The van der Waals surface area contributed by atoms with Crippen LogP contribution in [0.5, 0.6) is 11.5 Å². The van der Waals surface area contributed by atoms with Gasteiger partial charge in [-0.1, -0.05) is 0 Å². The maximum atomic E-state index is 11.9. The first-order valence-corrected chi connectivity index (χ1v) is 5.72. The first-order chi connectivity index (χ1) is 8.72. The summed E-state index contributed by atoms with van der Waals surface area (Å²) >= 11 is 0. The molecular formula is C12H11N3O3. The number of pyridine rings is 1. The monoisotopic (exact) mass is 245 g/mol. The zero-order valence-electron chi connectivity index (χ0n) is 9.60. The van der Waals surface area contributed by atoms with Gasteiger partial charge in [-0.2, -0.15) is 5.26 Å². The quantitative estimate of drug-likeness (QED) is 0.826. The molecule has 0 aromatic carbocycles. The van der Waals surface area contributed by atoms with Crippen molar-refractivity contribution in [1.29, 1.82) is 5.26 Å². The summed E-state index contributed by atoms with van der Waals surface area (Å²) in [4.78, 5) is 15.9. The Labute approximate surface area is 104 Å². The number of fused-ring (bicyclic) bond motifs is 1. The van der Waals surface area contributed by atoms with Gasteiger partial charge in [-0.3, -0.25) is 4.79 Å². The molecule has 1 aromatic rings. The van der Waals surface area contributed by atoms with Crippen LogP contribution in [0.2, 0.25) is 0 Å². The molecule has 2 aliphatic rings. The van der Waals surface area contributed by atoms with E-state index in [1.807, 2.05) is 0 Å². The van der Waals surface area contributed by atoms with E-state index in [1.165, 1.54) is 12.3 Å². The number of rotatable bonds is 2. The van der Waals surface area contributed by atoms with E-state index >= 15 is 0 Å². The summed E-state index contributed by atoms with van der Waals surface area (Å²) in [5.74, 6) is 0.702. The van der Waals surface area contributed by atoms with E-state index in [9.17, 15) is 4.79 Å². The third-order valence-electron chi connectivity index (χ3n) is 2.98. The number of carbonyl (C=O) groups excluding carboxylic acids is 1. The fourth-order valence-corrected chi connectivity index (χ4v) is 1.74. The number of hydrogen-bond donors (Lipinski definition) is 1. The topological polar surface area (TPSA) is 84.2 Å². The van der Waals surface area contributed by atoms with Gasteiger partial charge in [0.1, 0.15) is 24.4 Å². The summed E-state index contributed by atoms with van der Waals surface area (Å²) in [5.41, 5.74) is -0.452. The van der Waals surface area contributed by atoms with Crippen LogP contribution < -0.4 is 14.8 Å². The number of nitrogens with zero attached hydrogens (tertiary/aromatic N) is 2. The summed E-state index contributed by atoms with van der Waals surface area (Å²) in [6, 6.07) is 3.64. The first-order valence-electron chi connectivity index (χ1n) is 5.72. The molecule has 1 aliphatic heterocycles. The van der Waals surface area contributed by atoms with Gasteiger partial charge in [-0.25, -0.2) is 4.98 Å². The van der Waals surface area contributed by atoms with Crippen molar-refractivity contribution >= 4 is 5.91 Å². The van der Waals surface area contributed by atoms with Gasteiger partial charge in [-0.05, 0) is 12.8 Å². The lowest BCUT2D eigenvalue weighted by atomic mass is 10.2. The van der Waals surface area contributed by atoms with Crippen LogP contribution in [0.25, 0.3) is 0 Å². The Balaban J connectivity index is 1.80. The van der Waals surface area contributed by atoms with Crippen LogP contribution in [0.15, 0.2) is 12.3 Å². The Hall–Kier alpha value is -2.29. The average molecular weight is 245 g/mol. The SMILES string of the molecule is N#CC1(NC(=O)c2cc3c(cn2)OCCO3)CC1. The molecule has 92 valence electrons. The third-order valence-corrected chi connectivity index (χ3v) is 2.98. The van der Waals surface area contributed by atoms with Gasteiger partial charge in [0.15, 0.2) is 11.5 Å². The smallest absolute Gasteiger partial charge is 0.271 e. The molecule has 3 rings (SSSR count). The molecule has 0 saturated heterocycles. The van der Waals surface area contributed by atoms with Crippen LogP contribution in [0.3, 0.4) is 0 Å². The second kappa shape index (κ2) is 3.88. The molecule has 1 aromatic heterocycles. The Morgan fingerprint density at radius 3 is 2.78 bits per heavy atom. The molecule has 0 radical (unpaired) electrons. The van der Waals surface area contributed by atoms with E-state index in [4.69, 9.17) is 14.7 Å². The Morgan fingerprint density at radius 1 is 1.39 bits per heavy atom. The molecule has 18 heavy (non-hydrogen) atoms. The highest BCUT2D eigenvalue weighted by Gasteiger charge is 2.45. The summed E-state index contributed by atoms with van der Waals surface area (Å²) in [6.07, 6.45) is 2.86. The van der Waals surface area contributed by atoms with Crippen LogP contribution in [-0.2, 0) is 0 Å². The standard InChI is InChI=1S/C12H11N3O3/c13-7-12(1-2-12)15-11(16)8-5-9-10(6-14-8)18-4-3-17-9/h5-6H,1-4H2,(H,15,16). The molecule has 0 bridgehead atoms. The number of nitriles is 1. The zero-order valence-corrected chi connectivity index (χ0v) is 9.60. The van der Waals surface area contributed by atoms with Crippen LogP contribution in [0, 0.1) is 11.3 Å². The predicted octanol–water partition coefficient (Wildman–Crippen LogP) is 0.639. The average Bonchev–Trinajstić information content (AvgIpc) is 3.18. The molecule has 1 amide bonds. The zero-order chi connectivity index (χ0) is 12.6. The number of amides is 1. The van der Waals surface area contributed by atoms with Crippen molar-refractivity contribution in [3.63, 3.8) is 0 Å². The van der Waals surface area contributed by atoms with Crippen LogP contribution in [0.1, 0.15) is 23.3 Å². The second-order valence-corrected chi connectivity index (χ2v) is 4.36. The Kier molecular flexibility index (Phi) is 2.33. The third kappa shape index (κ3) is 1.84. The number of nitrogens with one attached hydrogen (secondary N) is 1. The molecule has 0 spiro atoms. The number of hydrogen-bond acceptors (Lipinski definition) is 5. The highest BCUT2D eigenvalue weighted by Crippen LogP contribution is 2.35. The van der Waals surface area contributed by atoms with E-state index in [1.54, 1.807) is 0 Å². The maximum absolute atomic E-state index is 11.9. The molecule has 1 fully saturated rings. The molecule has 1 aliphatic carbocycles. The van der Waals surface area contributed by atoms with Gasteiger partial charge in [0.2, 0.25) is 0 Å². The summed E-state index contributed by atoms with van der Waals surface area (Å²) < 4.78 is 10.7. The lowest BCUT2D eigenvalue weighted by Gasteiger charge is -2.18. The fourth-order valence-electron chi connectivity index (χ4n) is 1.74. The van der Waals surface area contributed by atoms with Crippen molar-refractivity contribution in [3.05, 3.63) is 18.0 Å². The fraction of sp³-hybridized carbons (Fsp3) is 0.417. The van der Waals surface area contributed by atoms with E-state index in [2.05, 4.69) is 16.4 Å². The normalized spacial score (nSPS) is 18.6. The molecule has 2 heterocycles. The van der Waals surface area contributed by atoms with Gasteiger partial charge in [-0.15, -0.1) is 0 Å². The highest BCUT2D eigenvalue weighted by atomic mass is 16.6. The van der Waals surface area contributed by atoms with Gasteiger partial charge >= 0.3 is 0 Å². The molecule has 6 heteroatoms. The maximum Gasteiger partial charge on any atom is 0.271 e. The van der Waals surface area contributed by atoms with Gasteiger partial charge in [0.25, 0.3) is 5.91 Å². The number of carbonyl (C=O) groups is 1. The molecular weight excluding hydrogens is 234 g/mol. The van der Waals surface area contributed by atoms with Crippen LogP contribution in [0.4, 0.5) is 0 Å². The van der Waals surface area contributed by atoms with E-state index in [0.717, 1.165) is 0 Å². The Bertz CT molecular complexity index is 546. The van der Waals surface area contributed by atoms with Crippen LogP contribution in [-0.4, -0.2) is 29.6 Å². The molecule has 1 saturated carbocycles. The van der Waals surface area contributed by atoms with Gasteiger partial charge < -0.3 is 14.8 Å². The Morgan fingerprint density at radius 2 is 2.11 bits per heavy atom. The van der Waals surface area contributed by atoms with Gasteiger partial charge in [0.05, 0.1) is 12.3 Å². The van der Waals surface area contributed by atoms with Crippen molar-refractivity contribution in [1.82, 2.24) is 10.3 Å². The van der Waals surface area contributed by atoms with Crippen molar-refractivity contribution in [3.8, 4) is 17.6 Å². The van der Waals surface area contributed by atoms with Gasteiger partial charge in [0, 0.05) is 6.07 Å². The van der Waals surface area contributed by atoms with Crippen molar-refractivity contribution in [2.75, 3.05) is 13.2 Å². The summed E-state index contributed by atoms with van der Waals surface area (Å²) in [5, 5.41) is 11.6. The number of ether oxygens (including phenoxy) is 2. The molecule has 0 unspecified atom stereocenters. The van der Waals surface area contributed by atoms with E-state index < -0.39 is 5.54 Å². The number of aromatic nitrogens is 1. The van der Waals surface area contributed by atoms with Crippen molar-refractivity contribution in [2.45, 2.75) is 18.4 Å².